The Labute approximate surface area is 78.0 Å². The van der Waals surface area contributed by atoms with Crippen molar-refractivity contribution in [2.24, 2.45) is 0 Å². The van der Waals surface area contributed by atoms with Gasteiger partial charge >= 0.3 is 0 Å². The fourth-order valence-electron chi connectivity index (χ4n) is 1.40. The Hall–Kier alpha value is -0.890. The molecule has 0 bridgehead atoms. The van der Waals surface area contributed by atoms with Gasteiger partial charge in [0.15, 0.2) is 0 Å². The van der Waals surface area contributed by atoms with Gasteiger partial charge in [-0.2, -0.15) is 0 Å². The molecular formula is C11H14FN. The largest absolute Gasteiger partial charge is 0.314 e. The van der Waals surface area contributed by atoms with E-state index in [1.165, 1.54) is 18.9 Å². The van der Waals surface area contributed by atoms with Crippen LogP contribution < -0.4 is 5.32 Å². The summed E-state index contributed by atoms with van der Waals surface area (Å²) in [4.78, 5) is 0. The van der Waals surface area contributed by atoms with Gasteiger partial charge in [-0.05, 0) is 43.5 Å². The standard InChI is InChI=1S/C11H14FN/c12-10-3-1-2-9(8-10)6-7-13-11-4-5-11/h1-3,8,11,13H,4-7H2. The minimum absolute atomic E-state index is 0.135. The van der Waals surface area contributed by atoms with Crippen LogP contribution in [-0.2, 0) is 6.42 Å². The number of benzene rings is 1. The molecule has 1 aromatic rings. The van der Waals surface area contributed by atoms with Gasteiger partial charge in [0.2, 0.25) is 0 Å². The third-order valence-electron chi connectivity index (χ3n) is 2.31. The number of hydrogen-bond acceptors (Lipinski definition) is 1. The molecule has 1 aliphatic rings. The monoisotopic (exact) mass is 179 g/mol. The molecule has 0 saturated heterocycles. The maximum atomic E-state index is 12.7. The van der Waals surface area contributed by atoms with E-state index in [0.29, 0.717) is 0 Å². The first kappa shape index (κ1) is 8.70. The average Bonchev–Trinajstić information content (AvgIpc) is 2.88. The second kappa shape index (κ2) is 3.88. The molecule has 0 aromatic heterocycles. The number of halogens is 1. The normalized spacial score (nSPS) is 16.1. The number of rotatable bonds is 4. The van der Waals surface area contributed by atoms with Crippen LogP contribution in [0.3, 0.4) is 0 Å². The fourth-order valence-corrected chi connectivity index (χ4v) is 1.40. The second-order valence-corrected chi connectivity index (χ2v) is 3.61. The quantitative estimate of drug-likeness (QED) is 0.746. The van der Waals surface area contributed by atoms with Gasteiger partial charge in [0.25, 0.3) is 0 Å². The third-order valence-corrected chi connectivity index (χ3v) is 2.31. The van der Waals surface area contributed by atoms with E-state index in [1.54, 1.807) is 12.1 Å². The number of nitrogens with one attached hydrogen (secondary N) is 1. The van der Waals surface area contributed by atoms with E-state index in [1.807, 2.05) is 6.07 Å². The van der Waals surface area contributed by atoms with Crippen molar-refractivity contribution in [2.75, 3.05) is 6.54 Å². The summed E-state index contributed by atoms with van der Waals surface area (Å²) in [6.07, 6.45) is 3.54. The zero-order chi connectivity index (χ0) is 9.10. The van der Waals surface area contributed by atoms with Crippen LogP contribution in [0.2, 0.25) is 0 Å². The predicted octanol–water partition coefficient (Wildman–Crippen LogP) is 2.12. The molecule has 70 valence electrons. The third kappa shape index (κ3) is 2.81. The van der Waals surface area contributed by atoms with Crippen molar-refractivity contribution in [1.29, 1.82) is 0 Å². The van der Waals surface area contributed by atoms with Crippen molar-refractivity contribution in [3.8, 4) is 0 Å². The molecule has 1 saturated carbocycles. The van der Waals surface area contributed by atoms with Crippen LogP contribution >= 0.6 is 0 Å². The Bertz CT molecular complexity index is 281. The average molecular weight is 179 g/mol. The topological polar surface area (TPSA) is 12.0 Å². The van der Waals surface area contributed by atoms with Crippen LogP contribution in [0.25, 0.3) is 0 Å². The van der Waals surface area contributed by atoms with Crippen LogP contribution in [0, 0.1) is 5.82 Å². The number of hydrogen-bond donors (Lipinski definition) is 1. The van der Waals surface area contributed by atoms with Gasteiger partial charge in [0, 0.05) is 6.04 Å². The van der Waals surface area contributed by atoms with E-state index in [2.05, 4.69) is 5.32 Å². The zero-order valence-electron chi connectivity index (χ0n) is 7.59. The van der Waals surface area contributed by atoms with E-state index in [-0.39, 0.29) is 5.82 Å². The molecule has 13 heavy (non-hydrogen) atoms. The van der Waals surface area contributed by atoms with Gasteiger partial charge in [-0.25, -0.2) is 4.39 Å². The zero-order valence-corrected chi connectivity index (χ0v) is 7.59. The minimum Gasteiger partial charge on any atom is -0.314 e. The highest BCUT2D eigenvalue weighted by Gasteiger charge is 2.19. The van der Waals surface area contributed by atoms with Crippen LogP contribution in [0.5, 0.6) is 0 Å². The van der Waals surface area contributed by atoms with Gasteiger partial charge in [-0.1, -0.05) is 12.1 Å². The molecule has 2 rings (SSSR count). The molecule has 0 spiro atoms. The van der Waals surface area contributed by atoms with Crippen molar-refractivity contribution >= 4 is 0 Å². The lowest BCUT2D eigenvalue weighted by molar-refractivity contribution is 0.622. The fraction of sp³-hybridized carbons (Fsp3) is 0.455. The highest BCUT2D eigenvalue weighted by molar-refractivity contribution is 5.16. The molecule has 0 radical (unpaired) electrons. The molecule has 0 atom stereocenters. The Balaban J connectivity index is 1.79. The Kier molecular flexibility index (Phi) is 2.60. The minimum atomic E-state index is -0.135. The summed E-state index contributed by atoms with van der Waals surface area (Å²) < 4.78 is 12.7. The lowest BCUT2D eigenvalue weighted by Crippen LogP contribution is -2.19. The molecule has 0 heterocycles. The molecule has 0 amide bonds. The van der Waals surface area contributed by atoms with Crippen LogP contribution in [0.15, 0.2) is 24.3 Å². The van der Waals surface area contributed by atoms with Gasteiger partial charge in [-0.15, -0.1) is 0 Å². The molecule has 1 aliphatic carbocycles. The van der Waals surface area contributed by atoms with Crippen LogP contribution in [-0.4, -0.2) is 12.6 Å². The highest BCUT2D eigenvalue weighted by atomic mass is 19.1. The van der Waals surface area contributed by atoms with Crippen molar-refractivity contribution in [3.05, 3.63) is 35.6 Å². The van der Waals surface area contributed by atoms with E-state index in [0.717, 1.165) is 24.6 Å². The molecular weight excluding hydrogens is 165 g/mol. The van der Waals surface area contributed by atoms with Gasteiger partial charge in [-0.3, -0.25) is 0 Å². The van der Waals surface area contributed by atoms with Gasteiger partial charge in [0.05, 0.1) is 0 Å². The van der Waals surface area contributed by atoms with E-state index >= 15 is 0 Å². The lowest BCUT2D eigenvalue weighted by Gasteiger charge is -2.02. The Morgan fingerprint density at radius 1 is 1.38 bits per heavy atom. The summed E-state index contributed by atoms with van der Waals surface area (Å²) in [5.41, 5.74) is 1.08. The van der Waals surface area contributed by atoms with Gasteiger partial charge < -0.3 is 5.32 Å². The first-order chi connectivity index (χ1) is 6.34. The summed E-state index contributed by atoms with van der Waals surface area (Å²) in [6, 6.07) is 7.57. The van der Waals surface area contributed by atoms with Crippen LogP contribution in [0.1, 0.15) is 18.4 Å². The summed E-state index contributed by atoms with van der Waals surface area (Å²) in [7, 11) is 0. The predicted molar refractivity (Wildman–Crippen MR) is 51.1 cm³/mol. The SMILES string of the molecule is Fc1cccc(CCNC2CC2)c1. The summed E-state index contributed by atoms with van der Waals surface area (Å²) in [5, 5.41) is 3.40. The van der Waals surface area contributed by atoms with Gasteiger partial charge in [0.1, 0.15) is 5.82 Å². The molecule has 1 fully saturated rings. The smallest absolute Gasteiger partial charge is 0.123 e. The van der Waals surface area contributed by atoms with E-state index < -0.39 is 0 Å². The molecule has 1 aromatic carbocycles. The first-order valence-corrected chi connectivity index (χ1v) is 4.82. The van der Waals surface area contributed by atoms with Crippen molar-refractivity contribution in [3.63, 3.8) is 0 Å². The molecule has 0 unspecified atom stereocenters. The lowest BCUT2D eigenvalue weighted by atomic mass is 10.1. The molecule has 2 heteroatoms. The molecule has 1 nitrogen and oxygen atoms in total. The highest BCUT2D eigenvalue weighted by Crippen LogP contribution is 2.18. The first-order valence-electron chi connectivity index (χ1n) is 4.82. The molecule has 0 aliphatic heterocycles. The van der Waals surface area contributed by atoms with E-state index in [9.17, 15) is 4.39 Å². The van der Waals surface area contributed by atoms with E-state index in [4.69, 9.17) is 0 Å². The second-order valence-electron chi connectivity index (χ2n) is 3.61. The summed E-state index contributed by atoms with van der Waals surface area (Å²) >= 11 is 0. The maximum absolute atomic E-state index is 12.7. The van der Waals surface area contributed by atoms with Crippen LogP contribution in [0.4, 0.5) is 4.39 Å². The van der Waals surface area contributed by atoms with Crippen molar-refractivity contribution in [1.82, 2.24) is 5.32 Å². The van der Waals surface area contributed by atoms with Crippen molar-refractivity contribution < 1.29 is 4.39 Å². The maximum Gasteiger partial charge on any atom is 0.123 e. The summed E-state index contributed by atoms with van der Waals surface area (Å²) in [5.74, 6) is -0.135. The van der Waals surface area contributed by atoms with Crippen molar-refractivity contribution in [2.45, 2.75) is 25.3 Å². The Morgan fingerprint density at radius 2 is 2.23 bits per heavy atom. The summed E-state index contributed by atoms with van der Waals surface area (Å²) in [6.45, 7) is 0.966. The Morgan fingerprint density at radius 3 is 2.92 bits per heavy atom. The molecule has 1 N–H and O–H groups in total.